The molecule has 0 aliphatic carbocycles. The molecule has 0 fully saturated rings. The first-order valence-corrected chi connectivity index (χ1v) is 5.47. The molecule has 0 aliphatic heterocycles. The number of rotatable bonds is 3. The molecular formula is C13H14N2O3. The minimum Gasteiger partial charge on any atom is -0.496 e. The third-order valence-corrected chi connectivity index (χ3v) is 2.48. The van der Waals surface area contributed by atoms with Crippen LogP contribution in [0.25, 0.3) is 0 Å². The van der Waals surface area contributed by atoms with Gasteiger partial charge >= 0.3 is 5.97 Å². The van der Waals surface area contributed by atoms with Gasteiger partial charge in [0.2, 0.25) is 5.88 Å². The van der Waals surface area contributed by atoms with Crippen molar-refractivity contribution in [2.75, 3.05) is 7.11 Å². The zero-order valence-electron chi connectivity index (χ0n) is 10.5. The fraction of sp³-hybridized carbons (Fsp3) is 0.231. The molecule has 18 heavy (non-hydrogen) atoms. The molecule has 1 heterocycles. The Morgan fingerprint density at radius 2 is 2.06 bits per heavy atom. The fourth-order valence-electron chi connectivity index (χ4n) is 1.65. The van der Waals surface area contributed by atoms with Gasteiger partial charge < -0.3 is 9.47 Å². The van der Waals surface area contributed by atoms with Crippen LogP contribution in [0.1, 0.15) is 16.1 Å². The van der Waals surface area contributed by atoms with Gasteiger partial charge in [-0.05, 0) is 19.1 Å². The van der Waals surface area contributed by atoms with E-state index >= 15 is 0 Å². The van der Waals surface area contributed by atoms with Gasteiger partial charge in [0.25, 0.3) is 0 Å². The van der Waals surface area contributed by atoms with Gasteiger partial charge in [-0.2, -0.15) is 5.10 Å². The lowest BCUT2D eigenvalue weighted by Gasteiger charge is -2.07. The highest BCUT2D eigenvalue weighted by Gasteiger charge is 2.15. The van der Waals surface area contributed by atoms with Crippen molar-refractivity contribution in [2.45, 2.75) is 6.92 Å². The van der Waals surface area contributed by atoms with Crippen LogP contribution in [0.5, 0.6) is 11.6 Å². The van der Waals surface area contributed by atoms with Crippen LogP contribution in [-0.4, -0.2) is 22.9 Å². The Kier molecular flexibility index (Phi) is 3.32. The van der Waals surface area contributed by atoms with Crippen LogP contribution in [0.15, 0.2) is 30.3 Å². The number of ether oxygens (including phenoxy) is 2. The Balaban J connectivity index is 2.24. The summed E-state index contributed by atoms with van der Waals surface area (Å²) in [7, 11) is 3.23. The van der Waals surface area contributed by atoms with Crippen LogP contribution in [-0.2, 0) is 7.05 Å². The summed E-state index contributed by atoms with van der Waals surface area (Å²) in [6, 6.07) is 8.63. The Morgan fingerprint density at radius 1 is 1.33 bits per heavy atom. The molecule has 0 radical (unpaired) electrons. The van der Waals surface area contributed by atoms with E-state index in [2.05, 4.69) is 5.10 Å². The summed E-state index contributed by atoms with van der Waals surface area (Å²) in [5, 5.41) is 4.11. The van der Waals surface area contributed by atoms with E-state index < -0.39 is 5.97 Å². The second-order valence-electron chi connectivity index (χ2n) is 3.84. The maximum absolute atomic E-state index is 12.0. The van der Waals surface area contributed by atoms with E-state index in [4.69, 9.17) is 9.47 Å². The summed E-state index contributed by atoms with van der Waals surface area (Å²) in [4.78, 5) is 12.0. The lowest BCUT2D eigenvalue weighted by atomic mass is 10.2. The molecule has 0 unspecified atom stereocenters. The number of nitrogens with zero attached hydrogens (tertiary/aromatic N) is 2. The van der Waals surface area contributed by atoms with E-state index in [0.717, 1.165) is 5.69 Å². The number of hydrogen-bond acceptors (Lipinski definition) is 4. The van der Waals surface area contributed by atoms with Crippen LogP contribution in [0.2, 0.25) is 0 Å². The van der Waals surface area contributed by atoms with Gasteiger partial charge in [0.05, 0.1) is 12.8 Å². The molecule has 0 saturated heterocycles. The minimum atomic E-state index is -0.463. The molecule has 94 valence electrons. The number of aryl methyl sites for hydroxylation is 2. The van der Waals surface area contributed by atoms with Crippen LogP contribution >= 0.6 is 0 Å². The molecule has 0 spiro atoms. The van der Waals surface area contributed by atoms with Crippen molar-refractivity contribution in [3.05, 3.63) is 41.6 Å². The first-order chi connectivity index (χ1) is 8.61. The average molecular weight is 246 g/mol. The number of esters is 1. The topological polar surface area (TPSA) is 53.4 Å². The standard InChI is InChI=1S/C13H14N2O3/c1-9-8-12(15(2)14-9)18-13(16)10-6-4-5-7-11(10)17-3/h4-8H,1-3H3. The second-order valence-corrected chi connectivity index (χ2v) is 3.84. The van der Waals surface area contributed by atoms with Gasteiger partial charge in [0.1, 0.15) is 11.3 Å². The molecule has 0 saturated carbocycles. The van der Waals surface area contributed by atoms with Crippen LogP contribution in [0.4, 0.5) is 0 Å². The lowest BCUT2D eigenvalue weighted by Crippen LogP contribution is -2.12. The molecule has 1 aromatic heterocycles. The summed E-state index contributed by atoms with van der Waals surface area (Å²) in [6.07, 6.45) is 0. The Hall–Kier alpha value is -2.30. The van der Waals surface area contributed by atoms with Crippen molar-refractivity contribution in [3.8, 4) is 11.6 Å². The smallest absolute Gasteiger partial charge is 0.348 e. The van der Waals surface area contributed by atoms with E-state index in [9.17, 15) is 4.79 Å². The number of aromatic nitrogens is 2. The summed E-state index contributed by atoms with van der Waals surface area (Å²) in [6.45, 7) is 1.83. The molecule has 5 nitrogen and oxygen atoms in total. The van der Waals surface area contributed by atoms with Gasteiger partial charge in [0, 0.05) is 13.1 Å². The van der Waals surface area contributed by atoms with Crippen molar-refractivity contribution in [2.24, 2.45) is 7.05 Å². The van der Waals surface area contributed by atoms with Crippen LogP contribution in [0, 0.1) is 6.92 Å². The van der Waals surface area contributed by atoms with Gasteiger partial charge in [0.15, 0.2) is 0 Å². The van der Waals surface area contributed by atoms with Gasteiger partial charge in [-0.1, -0.05) is 12.1 Å². The molecule has 0 amide bonds. The number of carbonyl (C=O) groups is 1. The molecular weight excluding hydrogens is 232 g/mol. The molecule has 2 rings (SSSR count). The predicted molar refractivity (Wildman–Crippen MR) is 65.9 cm³/mol. The molecule has 5 heteroatoms. The summed E-state index contributed by atoms with van der Waals surface area (Å²) in [5.74, 6) is 0.431. The minimum absolute atomic E-state index is 0.388. The normalized spacial score (nSPS) is 10.2. The molecule has 1 aromatic carbocycles. The molecule has 0 atom stereocenters. The van der Waals surface area contributed by atoms with Gasteiger partial charge in [-0.3, -0.25) is 0 Å². The molecule has 0 N–H and O–H groups in total. The van der Waals surface area contributed by atoms with E-state index in [1.54, 1.807) is 37.4 Å². The highest BCUT2D eigenvalue weighted by atomic mass is 16.5. The van der Waals surface area contributed by atoms with Crippen molar-refractivity contribution >= 4 is 5.97 Å². The molecule has 2 aromatic rings. The average Bonchev–Trinajstić information content (AvgIpc) is 2.67. The van der Waals surface area contributed by atoms with Gasteiger partial charge in [-0.25, -0.2) is 9.48 Å². The monoisotopic (exact) mass is 246 g/mol. The first-order valence-electron chi connectivity index (χ1n) is 5.47. The predicted octanol–water partition coefficient (Wildman–Crippen LogP) is 1.96. The largest absolute Gasteiger partial charge is 0.496 e. The van der Waals surface area contributed by atoms with E-state index in [0.29, 0.717) is 17.2 Å². The van der Waals surface area contributed by atoms with Crippen molar-refractivity contribution < 1.29 is 14.3 Å². The molecule has 0 bridgehead atoms. The summed E-state index contributed by atoms with van der Waals surface area (Å²) >= 11 is 0. The maximum atomic E-state index is 12.0. The number of benzene rings is 1. The van der Waals surface area contributed by atoms with E-state index in [1.807, 2.05) is 6.92 Å². The van der Waals surface area contributed by atoms with Crippen molar-refractivity contribution in [1.82, 2.24) is 9.78 Å². The number of methoxy groups -OCH3 is 1. The SMILES string of the molecule is COc1ccccc1C(=O)Oc1cc(C)nn1C. The van der Waals surface area contributed by atoms with Gasteiger partial charge in [-0.15, -0.1) is 0 Å². The fourth-order valence-corrected chi connectivity index (χ4v) is 1.65. The highest BCUT2D eigenvalue weighted by molar-refractivity contribution is 5.93. The zero-order valence-corrected chi connectivity index (χ0v) is 10.5. The highest BCUT2D eigenvalue weighted by Crippen LogP contribution is 2.20. The first kappa shape index (κ1) is 12.2. The maximum Gasteiger partial charge on any atom is 0.348 e. The Morgan fingerprint density at radius 3 is 2.67 bits per heavy atom. The van der Waals surface area contributed by atoms with Crippen LogP contribution < -0.4 is 9.47 Å². The number of hydrogen-bond donors (Lipinski definition) is 0. The Labute approximate surface area is 105 Å². The summed E-state index contributed by atoms with van der Waals surface area (Å²) < 4.78 is 11.9. The molecule has 0 aliphatic rings. The quantitative estimate of drug-likeness (QED) is 0.777. The van der Waals surface area contributed by atoms with Crippen LogP contribution in [0.3, 0.4) is 0 Å². The van der Waals surface area contributed by atoms with E-state index in [1.165, 1.54) is 11.8 Å². The summed E-state index contributed by atoms with van der Waals surface area (Å²) in [5.41, 5.74) is 1.18. The number of para-hydroxylation sites is 1. The Bertz CT molecular complexity index is 575. The zero-order chi connectivity index (χ0) is 13.1. The van der Waals surface area contributed by atoms with Crippen molar-refractivity contribution in [1.29, 1.82) is 0 Å². The number of carbonyl (C=O) groups excluding carboxylic acids is 1. The lowest BCUT2D eigenvalue weighted by molar-refractivity contribution is 0.0716. The third kappa shape index (κ3) is 2.34. The van der Waals surface area contributed by atoms with Crippen molar-refractivity contribution in [3.63, 3.8) is 0 Å². The third-order valence-electron chi connectivity index (χ3n) is 2.48. The second kappa shape index (κ2) is 4.91. The van der Waals surface area contributed by atoms with E-state index in [-0.39, 0.29) is 0 Å².